The number of nitrogens with one attached hydrogen (secondary N) is 2. The van der Waals surface area contributed by atoms with Gasteiger partial charge < -0.3 is 24.8 Å². The average molecular weight is 836 g/mol. The van der Waals surface area contributed by atoms with E-state index in [1.54, 1.807) is 19.1 Å². The van der Waals surface area contributed by atoms with Gasteiger partial charge in [0, 0.05) is 23.9 Å². The van der Waals surface area contributed by atoms with Crippen molar-refractivity contribution in [1.82, 2.24) is 24.8 Å². The van der Waals surface area contributed by atoms with Gasteiger partial charge in [-0.1, -0.05) is 32.4 Å². The van der Waals surface area contributed by atoms with E-state index in [9.17, 15) is 41.1 Å². The fourth-order valence-electron chi connectivity index (χ4n) is 8.31. The van der Waals surface area contributed by atoms with Crippen molar-refractivity contribution in [2.24, 2.45) is 17.8 Å². The van der Waals surface area contributed by atoms with E-state index in [-0.39, 0.29) is 55.2 Å². The van der Waals surface area contributed by atoms with E-state index >= 15 is 4.79 Å². The summed E-state index contributed by atoms with van der Waals surface area (Å²) in [6, 6.07) is 1.12. The number of aromatic nitrogens is 1. The first-order valence-electron chi connectivity index (χ1n) is 19.6. The van der Waals surface area contributed by atoms with E-state index in [0.29, 0.717) is 36.0 Å². The minimum absolute atomic E-state index is 0.0236. The Morgan fingerprint density at radius 2 is 1.91 bits per heavy atom. The molecule has 58 heavy (non-hydrogen) atoms. The molecule has 4 amide bonds. The van der Waals surface area contributed by atoms with Gasteiger partial charge in [-0.15, -0.1) is 0 Å². The number of amides is 4. The summed E-state index contributed by atoms with van der Waals surface area (Å²) in [7, 11) is -2.80. The number of fused-ring (bicyclic) bond motifs is 3. The Bertz CT molecular complexity index is 2100. The van der Waals surface area contributed by atoms with Gasteiger partial charge in [-0.3, -0.25) is 24.0 Å². The highest BCUT2D eigenvalue weighted by Crippen LogP contribution is 2.48. The lowest BCUT2D eigenvalue weighted by Crippen LogP contribution is -2.65. The van der Waals surface area contributed by atoms with Crippen LogP contribution in [0.5, 0.6) is 11.6 Å². The Balaban J connectivity index is 1.43. The number of allylic oxidation sites excluding steroid dienone is 1. The molecule has 2 aliphatic heterocycles. The molecule has 7 atom stereocenters. The highest BCUT2D eigenvalue weighted by molar-refractivity contribution is 7.91. The lowest BCUT2D eigenvalue weighted by Gasteiger charge is -2.45. The highest BCUT2D eigenvalue weighted by Gasteiger charge is 2.63. The molecular weight excluding hydrogens is 784 g/mol. The number of ether oxygens (including phenoxy) is 2. The fourth-order valence-corrected chi connectivity index (χ4v) is 9.62. The lowest BCUT2D eigenvalue weighted by atomic mass is 9.82. The molecule has 1 aromatic carbocycles. The van der Waals surface area contributed by atoms with E-state index in [2.05, 4.69) is 15.0 Å². The van der Waals surface area contributed by atoms with E-state index in [1.165, 1.54) is 32.4 Å². The molecule has 318 valence electrons. The van der Waals surface area contributed by atoms with Crippen molar-refractivity contribution < 1.29 is 55.3 Å². The van der Waals surface area contributed by atoms with Crippen LogP contribution >= 0.6 is 0 Å². The average Bonchev–Trinajstić information content (AvgIpc) is 4.04. The number of nitrogens with zero attached hydrogens (tertiary/aromatic N) is 3. The second kappa shape index (κ2) is 15.9. The summed E-state index contributed by atoms with van der Waals surface area (Å²) < 4.78 is 83.3. The fraction of sp³-hybridized carbons (Fsp3) is 0.625. The molecule has 0 spiro atoms. The molecule has 14 nitrogen and oxygen atoms in total. The van der Waals surface area contributed by atoms with Crippen molar-refractivity contribution in [3.63, 3.8) is 0 Å². The zero-order valence-electron chi connectivity index (χ0n) is 33.5. The largest absolute Gasteiger partial charge is 0.494 e. The molecule has 2 aliphatic carbocycles. The Kier molecular flexibility index (Phi) is 11.8. The van der Waals surface area contributed by atoms with Gasteiger partial charge in [0.2, 0.25) is 27.7 Å². The number of benzene rings is 1. The quantitative estimate of drug-likeness (QED) is 0.262. The van der Waals surface area contributed by atoms with Crippen LogP contribution in [0.2, 0.25) is 0 Å². The summed E-state index contributed by atoms with van der Waals surface area (Å²) in [4.78, 5) is 62.6. The van der Waals surface area contributed by atoms with Gasteiger partial charge in [-0.25, -0.2) is 31.4 Å². The lowest BCUT2D eigenvalue weighted by molar-refractivity contribution is -0.149. The molecule has 2 saturated carbocycles. The third-order valence-electron chi connectivity index (χ3n) is 12.5. The first-order chi connectivity index (χ1) is 27.2. The van der Waals surface area contributed by atoms with Gasteiger partial charge in [0.15, 0.2) is 11.6 Å². The molecular formula is C40H52F3N5O9S. The van der Waals surface area contributed by atoms with Gasteiger partial charge in [0.25, 0.3) is 12.3 Å². The number of alkyl halides is 2. The summed E-state index contributed by atoms with van der Waals surface area (Å²) in [5.41, 5.74) is -4.04. The summed E-state index contributed by atoms with van der Waals surface area (Å²) in [6.45, 7) is 6.93. The van der Waals surface area contributed by atoms with Gasteiger partial charge in [0.05, 0.1) is 18.4 Å². The number of carboxylic acid groups (broad SMARTS) is 1. The van der Waals surface area contributed by atoms with Crippen molar-refractivity contribution in [2.45, 2.75) is 126 Å². The molecule has 3 N–H and O–H groups in total. The Morgan fingerprint density at radius 3 is 2.53 bits per heavy atom. The molecule has 0 bridgehead atoms. The molecule has 3 heterocycles. The van der Waals surface area contributed by atoms with Crippen molar-refractivity contribution in [2.75, 3.05) is 13.7 Å². The molecule has 18 heteroatoms. The standard InChI is InChI=1S/C40H52F3N5O9S/c1-7-23-16-22(2)10-8-9-11-25-20-40(25,36(51)46-58(54,55)39(5)13-14-39)45-32(49)29-18-26(57-33-27-19-28(41)30(56-6)17-24(27)12-15-44-33)21-47(29)34(50)31(23)48(37(52)53)38(3,4)35(42)43/h9,11-12,15,17,19,22-23,25-26,29,31,35H,7-8,10,13-14,16,18,20-21H2,1-6H3,(H,45,49)(H,46,51)(H,52,53)/b11-9-/t22-,23+,25+,26+,29-,31-,40+/m0/s1. The zero-order valence-corrected chi connectivity index (χ0v) is 34.3. The smallest absolute Gasteiger partial charge is 0.408 e. The maximum atomic E-state index is 15.1. The molecule has 0 radical (unpaired) electrons. The number of sulfonamides is 1. The van der Waals surface area contributed by atoms with E-state index in [1.807, 2.05) is 13.0 Å². The van der Waals surface area contributed by atoms with Crippen molar-refractivity contribution in [1.29, 1.82) is 0 Å². The Hall–Kier alpha value is -4.61. The summed E-state index contributed by atoms with van der Waals surface area (Å²) >= 11 is 0. The monoisotopic (exact) mass is 835 g/mol. The van der Waals surface area contributed by atoms with Crippen LogP contribution < -0.4 is 19.5 Å². The zero-order chi connectivity index (χ0) is 42.5. The third-order valence-corrected chi connectivity index (χ3v) is 14.6. The van der Waals surface area contributed by atoms with Gasteiger partial charge >= 0.3 is 6.09 Å². The van der Waals surface area contributed by atoms with E-state index in [4.69, 9.17) is 9.47 Å². The topological polar surface area (TPSA) is 185 Å². The maximum absolute atomic E-state index is 15.1. The van der Waals surface area contributed by atoms with Crippen LogP contribution in [0, 0.1) is 23.6 Å². The minimum Gasteiger partial charge on any atom is -0.494 e. The van der Waals surface area contributed by atoms with Gasteiger partial charge in [0.1, 0.15) is 29.3 Å². The van der Waals surface area contributed by atoms with E-state index < -0.39 is 91.9 Å². The summed E-state index contributed by atoms with van der Waals surface area (Å²) in [5, 5.41) is 14.1. The molecule has 0 unspecified atom stereocenters. The van der Waals surface area contributed by atoms with E-state index in [0.717, 1.165) is 18.7 Å². The summed E-state index contributed by atoms with van der Waals surface area (Å²) in [5.74, 6) is -4.91. The van der Waals surface area contributed by atoms with Gasteiger partial charge in [-0.2, -0.15) is 0 Å². The second-order valence-electron chi connectivity index (χ2n) is 17.0. The maximum Gasteiger partial charge on any atom is 0.408 e. The van der Waals surface area contributed by atoms with Crippen LogP contribution in [0.1, 0.15) is 86.0 Å². The molecule has 2 aromatic rings. The number of pyridine rings is 1. The molecule has 6 rings (SSSR count). The molecule has 1 saturated heterocycles. The highest BCUT2D eigenvalue weighted by atomic mass is 32.2. The molecule has 1 aromatic heterocycles. The first kappa shape index (κ1) is 43.0. The number of hydrogen-bond acceptors (Lipinski definition) is 9. The number of carbonyl (C=O) groups excluding carboxylic acids is 3. The van der Waals surface area contributed by atoms with Crippen LogP contribution in [0.25, 0.3) is 10.8 Å². The Labute approximate surface area is 335 Å². The number of rotatable bonds is 10. The van der Waals surface area contributed by atoms with Crippen LogP contribution in [-0.4, -0.2) is 106 Å². The molecule has 4 aliphatic rings. The predicted molar refractivity (Wildman–Crippen MR) is 206 cm³/mol. The number of hydrogen-bond donors (Lipinski definition) is 3. The predicted octanol–water partition coefficient (Wildman–Crippen LogP) is 5.40. The van der Waals surface area contributed by atoms with Crippen LogP contribution in [0.15, 0.2) is 36.5 Å². The van der Waals surface area contributed by atoms with Crippen molar-refractivity contribution in [3.8, 4) is 11.6 Å². The van der Waals surface area contributed by atoms with Crippen LogP contribution in [0.4, 0.5) is 18.0 Å². The number of carbonyl (C=O) groups is 4. The Morgan fingerprint density at radius 1 is 1.21 bits per heavy atom. The summed E-state index contributed by atoms with van der Waals surface area (Å²) in [6.07, 6.45) is 1.21. The third kappa shape index (κ3) is 8.04. The number of halogens is 3. The van der Waals surface area contributed by atoms with Crippen molar-refractivity contribution >= 4 is 44.6 Å². The first-order valence-corrected chi connectivity index (χ1v) is 21.1. The van der Waals surface area contributed by atoms with Gasteiger partial charge in [-0.05, 0) is 94.7 Å². The van der Waals surface area contributed by atoms with Crippen molar-refractivity contribution in [3.05, 3.63) is 42.4 Å². The number of methoxy groups -OCH3 is 1. The normalized spacial score (nSPS) is 29.3. The van der Waals surface area contributed by atoms with Crippen LogP contribution in [-0.2, 0) is 24.4 Å². The SMILES string of the molecule is CC[C@@H]1C[C@@H](C)CC/C=C\[C@@H]2C[C@@]2(C(=O)NS(=O)(=O)C2(C)CC2)NC(=O)[C@@H]2C[C@@H](Oc3nccc4cc(OC)c(F)cc34)CN2C(=O)[C@H]1N(C(=O)O)C(C)(C)C(F)F. The minimum atomic E-state index is -4.11. The second-order valence-corrected chi connectivity index (χ2v) is 19.2. The van der Waals surface area contributed by atoms with Crippen LogP contribution in [0.3, 0.4) is 0 Å². The molecule has 3 fully saturated rings.